The highest BCUT2D eigenvalue weighted by Crippen LogP contribution is 2.09. The molecule has 0 unspecified atom stereocenters. The van der Waals surface area contributed by atoms with Crippen molar-refractivity contribution >= 4 is 23.6 Å². The minimum atomic E-state index is -0.424. The van der Waals surface area contributed by atoms with Gasteiger partial charge in [-0.2, -0.15) is 0 Å². The van der Waals surface area contributed by atoms with Crippen LogP contribution in [0, 0.1) is 0 Å². The lowest BCUT2D eigenvalue weighted by atomic mass is 10.2. The molecule has 0 saturated carbocycles. The average molecular weight is 285 g/mol. The fourth-order valence-corrected chi connectivity index (χ4v) is 1.51. The largest absolute Gasteiger partial charge is 0.465 e. The first kappa shape index (κ1) is 15.3. The molecule has 0 aliphatic carbocycles. The Hall–Kier alpha value is -1.75. The lowest BCUT2D eigenvalue weighted by molar-refractivity contribution is -0.143. The Balaban J connectivity index is 2.38. The van der Waals surface area contributed by atoms with Gasteiger partial charge in [0, 0.05) is 18.6 Å². The van der Waals surface area contributed by atoms with Gasteiger partial charge in [0.05, 0.1) is 6.61 Å². The molecule has 1 N–H and O–H groups in total. The number of carbonyl (C=O) groups excluding carboxylic acids is 2. The molecule has 0 aromatic heterocycles. The van der Waals surface area contributed by atoms with Crippen molar-refractivity contribution in [2.75, 3.05) is 20.2 Å². The number of ether oxygens (including phenoxy) is 1. The second-order valence-electron chi connectivity index (χ2n) is 3.95. The number of likely N-dealkylation sites (N-methyl/N-ethyl adjacent to an activating group) is 1. The second kappa shape index (κ2) is 7.63. The summed E-state index contributed by atoms with van der Waals surface area (Å²) in [7, 11) is 1.54. The quantitative estimate of drug-likeness (QED) is 0.842. The molecule has 0 aliphatic rings. The highest BCUT2D eigenvalue weighted by atomic mass is 35.5. The van der Waals surface area contributed by atoms with Gasteiger partial charge in [-0.1, -0.05) is 23.7 Å². The molecule has 1 aromatic rings. The predicted octanol–water partition coefficient (Wildman–Crippen LogP) is 2.04. The van der Waals surface area contributed by atoms with E-state index in [1.54, 1.807) is 19.1 Å². The predicted molar refractivity (Wildman–Crippen MR) is 73.0 cm³/mol. The number of amides is 2. The van der Waals surface area contributed by atoms with Crippen molar-refractivity contribution in [1.29, 1.82) is 0 Å². The molecule has 0 saturated heterocycles. The summed E-state index contributed by atoms with van der Waals surface area (Å²) >= 11 is 5.76. The van der Waals surface area contributed by atoms with Crippen LogP contribution in [-0.4, -0.2) is 37.1 Å². The number of benzene rings is 1. The standard InChI is InChI=1S/C13H17ClN2O3/c1-3-19-12(17)9-16(2)13(18)15-8-10-4-6-11(14)7-5-10/h4-7H,3,8-9H2,1-2H3,(H,15,18). The van der Waals surface area contributed by atoms with Crippen molar-refractivity contribution in [3.05, 3.63) is 34.9 Å². The van der Waals surface area contributed by atoms with Crippen LogP contribution in [0.15, 0.2) is 24.3 Å². The summed E-state index contributed by atoms with van der Waals surface area (Å²) in [5.41, 5.74) is 0.933. The van der Waals surface area contributed by atoms with Gasteiger partial charge in [-0.05, 0) is 24.6 Å². The Labute approximate surface area is 117 Å². The number of rotatable bonds is 5. The molecule has 104 valence electrons. The van der Waals surface area contributed by atoms with Crippen LogP contribution in [0.3, 0.4) is 0 Å². The first-order valence-electron chi connectivity index (χ1n) is 5.92. The van der Waals surface area contributed by atoms with Crippen LogP contribution in [-0.2, 0) is 16.1 Å². The molecule has 0 bridgehead atoms. The van der Waals surface area contributed by atoms with Gasteiger partial charge in [0.25, 0.3) is 0 Å². The van der Waals surface area contributed by atoms with Crippen LogP contribution >= 0.6 is 11.6 Å². The van der Waals surface area contributed by atoms with E-state index in [9.17, 15) is 9.59 Å². The van der Waals surface area contributed by atoms with E-state index in [2.05, 4.69) is 5.32 Å². The summed E-state index contributed by atoms with van der Waals surface area (Å²) in [5.74, 6) is -0.424. The normalized spacial score (nSPS) is 9.84. The maximum absolute atomic E-state index is 11.7. The molecule has 5 nitrogen and oxygen atoms in total. The van der Waals surface area contributed by atoms with Crippen LogP contribution in [0.2, 0.25) is 5.02 Å². The zero-order chi connectivity index (χ0) is 14.3. The fraction of sp³-hybridized carbons (Fsp3) is 0.385. The molecule has 2 amide bonds. The van der Waals surface area contributed by atoms with Gasteiger partial charge in [-0.15, -0.1) is 0 Å². The molecular weight excluding hydrogens is 268 g/mol. The third kappa shape index (κ3) is 5.61. The number of hydrogen-bond donors (Lipinski definition) is 1. The minimum Gasteiger partial charge on any atom is -0.465 e. The monoisotopic (exact) mass is 284 g/mol. The van der Waals surface area contributed by atoms with E-state index in [-0.39, 0.29) is 12.6 Å². The van der Waals surface area contributed by atoms with Crippen molar-refractivity contribution in [2.24, 2.45) is 0 Å². The highest BCUT2D eigenvalue weighted by molar-refractivity contribution is 6.30. The third-order valence-corrected chi connectivity index (χ3v) is 2.63. The van der Waals surface area contributed by atoms with E-state index in [0.29, 0.717) is 18.2 Å². The molecule has 0 atom stereocenters. The summed E-state index contributed by atoms with van der Waals surface area (Å²) in [6, 6.07) is 6.83. The van der Waals surface area contributed by atoms with E-state index in [1.807, 2.05) is 12.1 Å². The summed E-state index contributed by atoms with van der Waals surface area (Å²) in [6.07, 6.45) is 0. The molecular formula is C13H17ClN2O3. The molecule has 0 aliphatic heterocycles. The topological polar surface area (TPSA) is 58.6 Å². The summed E-state index contributed by atoms with van der Waals surface area (Å²) < 4.78 is 4.76. The van der Waals surface area contributed by atoms with Crippen LogP contribution in [0.4, 0.5) is 4.79 Å². The van der Waals surface area contributed by atoms with E-state index in [0.717, 1.165) is 5.56 Å². The van der Waals surface area contributed by atoms with Crippen molar-refractivity contribution in [3.63, 3.8) is 0 Å². The van der Waals surface area contributed by atoms with E-state index < -0.39 is 5.97 Å². The van der Waals surface area contributed by atoms with Gasteiger partial charge in [-0.3, -0.25) is 4.79 Å². The Morgan fingerprint density at radius 3 is 2.53 bits per heavy atom. The average Bonchev–Trinajstić information content (AvgIpc) is 2.37. The zero-order valence-electron chi connectivity index (χ0n) is 11.0. The number of urea groups is 1. The highest BCUT2D eigenvalue weighted by Gasteiger charge is 2.12. The third-order valence-electron chi connectivity index (χ3n) is 2.38. The number of carbonyl (C=O) groups is 2. The number of hydrogen-bond acceptors (Lipinski definition) is 3. The Bertz CT molecular complexity index is 434. The van der Waals surface area contributed by atoms with Crippen molar-refractivity contribution in [2.45, 2.75) is 13.5 Å². The van der Waals surface area contributed by atoms with Crippen LogP contribution in [0.5, 0.6) is 0 Å². The molecule has 6 heteroatoms. The van der Waals surface area contributed by atoms with Crippen LogP contribution < -0.4 is 5.32 Å². The molecule has 1 rings (SSSR count). The number of nitrogens with one attached hydrogen (secondary N) is 1. The number of nitrogens with zero attached hydrogens (tertiary/aromatic N) is 1. The lowest BCUT2D eigenvalue weighted by Crippen LogP contribution is -2.40. The van der Waals surface area contributed by atoms with E-state index in [1.165, 1.54) is 11.9 Å². The van der Waals surface area contributed by atoms with Gasteiger partial charge < -0.3 is 15.0 Å². The van der Waals surface area contributed by atoms with E-state index >= 15 is 0 Å². The van der Waals surface area contributed by atoms with Gasteiger partial charge in [-0.25, -0.2) is 4.79 Å². The Morgan fingerprint density at radius 2 is 1.95 bits per heavy atom. The Kier molecular flexibility index (Phi) is 6.15. The van der Waals surface area contributed by atoms with Gasteiger partial charge >= 0.3 is 12.0 Å². The maximum Gasteiger partial charge on any atom is 0.325 e. The molecule has 19 heavy (non-hydrogen) atoms. The molecule has 0 spiro atoms. The summed E-state index contributed by atoms with van der Waals surface area (Å²) in [5, 5.41) is 3.35. The number of halogens is 1. The molecule has 1 aromatic carbocycles. The zero-order valence-corrected chi connectivity index (χ0v) is 11.7. The van der Waals surface area contributed by atoms with E-state index in [4.69, 9.17) is 16.3 Å². The smallest absolute Gasteiger partial charge is 0.325 e. The number of esters is 1. The van der Waals surface area contributed by atoms with Crippen LogP contribution in [0.25, 0.3) is 0 Å². The fourth-order valence-electron chi connectivity index (χ4n) is 1.39. The Morgan fingerprint density at radius 1 is 1.32 bits per heavy atom. The lowest BCUT2D eigenvalue weighted by Gasteiger charge is -2.16. The van der Waals surface area contributed by atoms with Crippen molar-refractivity contribution in [3.8, 4) is 0 Å². The maximum atomic E-state index is 11.7. The first-order chi connectivity index (χ1) is 9.02. The van der Waals surface area contributed by atoms with Crippen LogP contribution in [0.1, 0.15) is 12.5 Å². The van der Waals surface area contributed by atoms with Gasteiger partial charge in [0.2, 0.25) is 0 Å². The molecule has 0 fully saturated rings. The van der Waals surface area contributed by atoms with Crippen molar-refractivity contribution in [1.82, 2.24) is 10.2 Å². The van der Waals surface area contributed by atoms with Gasteiger partial charge in [0.15, 0.2) is 0 Å². The van der Waals surface area contributed by atoms with Crippen molar-refractivity contribution < 1.29 is 14.3 Å². The molecule has 0 heterocycles. The summed E-state index contributed by atoms with van der Waals surface area (Å²) in [4.78, 5) is 24.2. The molecule has 0 radical (unpaired) electrons. The second-order valence-corrected chi connectivity index (χ2v) is 4.38. The first-order valence-corrected chi connectivity index (χ1v) is 6.29. The SMILES string of the molecule is CCOC(=O)CN(C)C(=O)NCc1ccc(Cl)cc1. The minimum absolute atomic E-state index is 0.0692. The van der Waals surface area contributed by atoms with Gasteiger partial charge in [0.1, 0.15) is 6.54 Å². The summed E-state index contributed by atoms with van der Waals surface area (Å²) in [6.45, 7) is 2.33.